The van der Waals surface area contributed by atoms with Crippen LogP contribution in [0.5, 0.6) is 5.75 Å². The monoisotopic (exact) mass is 530 g/mol. The molecule has 2 aromatic carbocycles. The van der Waals surface area contributed by atoms with Gasteiger partial charge in [-0.3, -0.25) is 0 Å². The van der Waals surface area contributed by atoms with Gasteiger partial charge in [-0.1, -0.05) is 12.0 Å². The van der Waals surface area contributed by atoms with Crippen molar-refractivity contribution in [3.63, 3.8) is 0 Å². The fourth-order valence-corrected chi connectivity index (χ4v) is 4.99. The van der Waals surface area contributed by atoms with Gasteiger partial charge in [0.15, 0.2) is 0 Å². The highest BCUT2D eigenvalue weighted by Gasteiger charge is 2.30. The van der Waals surface area contributed by atoms with E-state index >= 15 is 0 Å². The van der Waals surface area contributed by atoms with Crippen molar-refractivity contribution in [1.29, 1.82) is 0 Å². The van der Waals surface area contributed by atoms with Crippen LogP contribution in [-0.4, -0.2) is 61.2 Å². The maximum Gasteiger partial charge on any atom is 0.406 e. The van der Waals surface area contributed by atoms with E-state index in [0.717, 1.165) is 53.3 Å². The van der Waals surface area contributed by atoms with Crippen LogP contribution in [0.2, 0.25) is 0 Å². The summed E-state index contributed by atoms with van der Waals surface area (Å²) in [4.78, 5) is 3.37. The zero-order valence-corrected chi connectivity index (χ0v) is 22.2. The molecule has 1 aromatic heterocycles. The smallest absolute Gasteiger partial charge is 0.406 e. The Labute approximate surface area is 220 Å². The second-order valence-electron chi connectivity index (χ2n) is 9.14. The van der Waals surface area contributed by atoms with E-state index in [-0.39, 0.29) is 6.54 Å². The van der Waals surface area contributed by atoms with Gasteiger partial charge in [0.1, 0.15) is 12.3 Å². The van der Waals surface area contributed by atoms with Gasteiger partial charge in [-0.2, -0.15) is 13.2 Å². The van der Waals surface area contributed by atoms with E-state index in [9.17, 15) is 13.2 Å². The Morgan fingerprint density at radius 2 is 1.89 bits per heavy atom. The largest absolute Gasteiger partial charge is 0.492 e. The molecule has 1 aliphatic heterocycles. The lowest BCUT2D eigenvalue weighted by atomic mass is 10.0. The zero-order valence-electron chi connectivity index (χ0n) is 21.4. The van der Waals surface area contributed by atoms with Gasteiger partial charge in [-0.05, 0) is 88.5 Å². The molecule has 1 aliphatic rings. The number of nitrogens with one attached hydrogen (secondary N) is 2. The van der Waals surface area contributed by atoms with Crippen LogP contribution in [0.25, 0.3) is 10.9 Å². The van der Waals surface area contributed by atoms with E-state index in [1.807, 2.05) is 37.4 Å². The number of rotatable bonds is 8. The van der Waals surface area contributed by atoms with Gasteiger partial charge < -0.3 is 24.8 Å². The van der Waals surface area contributed by atoms with E-state index in [4.69, 9.17) is 4.74 Å². The Bertz CT molecular complexity index is 1270. The number of halogens is 3. The van der Waals surface area contributed by atoms with Gasteiger partial charge in [0, 0.05) is 22.0 Å². The van der Waals surface area contributed by atoms with Crippen LogP contribution in [-0.2, 0) is 6.54 Å². The number of nitrogens with zero attached hydrogens (tertiary/aromatic N) is 2. The normalized spacial score (nSPS) is 14.9. The number of anilines is 2. The molecule has 1 fully saturated rings. The maximum atomic E-state index is 13.5. The minimum Gasteiger partial charge on any atom is -0.492 e. The molecule has 0 bridgehead atoms. The summed E-state index contributed by atoms with van der Waals surface area (Å²) < 4.78 is 47.5. The fourth-order valence-electron chi connectivity index (χ4n) is 4.56. The number of thioether (sulfide) groups is 1. The van der Waals surface area contributed by atoms with Crippen molar-refractivity contribution in [3.8, 4) is 17.6 Å². The van der Waals surface area contributed by atoms with E-state index < -0.39 is 12.7 Å². The summed E-state index contributed by atoms with van der Waals surface area (Å²) >= 11 is 1.63. The van der Waals surface area contributed by atoms with Crippen molar-refractivity contribution in [1.82, 2.24) is 9.47 Å². The maximum absolute atomic E-state index is 13.5. The summed E-state index contributed by atoms with van der Waals surface area (Å²) in [6.45, 7) is 3.63. The molecule has 0 atom stereocenters. The molecule has 0 spiro atoms. The highest BCUT2D eigenvalue weighted by atomic mass is 32.2. The number of piperidine rings is 1. The van der Waals surface area contributed by atoms with E-state index in [0.29, 0.717) is 23.9 Å². The van der Waals surface area contributed by atoms with Crippen LogP contribution >= 0.6 is 11.8 Å². The quantitative estimate of drug-likeness (QED) is 0.265. The van der Waals surface area contributed by atoms with E-state index in [1.165, 1.54) is 4.57 Å². The van der Waals surface area contributed by atoms with Gasteiger partial charge in [-0.15, -0.1) is 11.8 Å². The van der Waals surface area contributed by atoms with Gasteiger partial charge in [0.2, 0.25) is 0 Å². The lowest BCUT2D eigenvalue weighted by Crippen LogP contribution is -2.36. The molecule has 9 heteroatoms. The van der Waals surface area contributed by atoms with Crippen molar-refractivity contribution >= 4 is 34.0 Å². The lowest BCUT2D eigenvalue weighted by molar-refractivity contribution is -0.140. The second-order valence-corrected chi connectivity index (χ2v) is 10.0. The SMILES string of the molecule is CCOc1cc(SC)ccc1NCC#Cc1cc2c(NC3CCN(C)CC3)cccc2n1CC(F)(F)F. The highest BCUT2D eigenvalue weighted by molar-refractivity contribution is 7.98. The Kier molecular flexibility index (Phi) is 8.83. The average molecular weight is 531 g/mol. The van der Waals surface area contributed by atoms with Crippen LogP contribution < -0.4 is 15.4 Å². The molecule has 0 radical (unpaired) electrons. The highest BCUT2D eigenvalue weighted by Crippen LogP contribution is 2.32. The Hall–Kier alpha value is -2.96. The molecule has 37 heavy (non-hydrogen) atoms. The number of likely N-dealkylation sites (tertiary alicyclic amines) is 1. The van der Waals surface area contributed by atoms with Crippen LogP contribution in [0.3, 0.4) is 0 Å². The molecular weight excluding hydrogens is 497 g/mol. The molecule has 2 N–H and O–H groups in total. The first-order chi connectivity index (χ1) is 17.8. The fraction of sp³-hybridized carbons (Fsp3) is 0.429. The molecule has 0 unspecified atom stereocenters. The van der Waals surface area contributed by atoms with Crippen molar-refractivity contribution in [3.05, 3.63) is 48.2 Å². The van der Waals surface area contributed by atoms with Crippen molar-refractivity contribution < 1.29 is 17.9 Å². The van der Waals surface area contributed by atoms with Crippen molar-refractivity contribution in [2.24, 2.45) is 0 Å². The van der Waals surface area contributed by atoms with Gasteiger partial charge in [0.05, 0.1) is 30.0 Å². The topological polar surface area (TPSA) is 41.5 Å². The Balaban J connectivity index is 1.58. The molecule has 5 nitrogen and oxygen atoms in total. The van der Waals surface area contributed by atoms with Crippen molar-refractivity contribution in [2.75, 3.05) is 50.2 Å². The molecule has 0 saturated carbocycles. The minimum atomic E-state index is -4.36. The van der Waals surface area contributed by atoms with Gasteiger partial charge in [-0.25, -0.2) is 0 Å². The summed E-state index contributed by atoms with van der Waals surface area (Å²) in [5.74, 6) is 6.71. The van der Waals surface area contributed by atoms with Crippen LogP contribution in [0.1, 0.15) is 25.5 Å². The lowest BCUT2D eigenvalue weighted by Gasteiger charge is -2.30. The van der Waals surface area contributed by atoms with E-state index in [1.54, 1.807) is 30.0 Å². The van der Waals surface area contributed by atoms with Crippen molar-refractivity contribution in [2.45, 2.75) is 43.4 Å². The first kappa shape index (κ1) is 27.1. The number of fused-ring (bicyclic) bond motifs is 1. The molecule has 2 heterocycles. The molecular formula is C28H33F3N4OS. The van der Waals surface area contributed by atoms with Gasteiger partial charge >= 0.3 is 6.18 Å². The predicted octanol–water partition coefficient (Wildman–Crippen LogP) is 6.29. The number of hydrogen-bond acceptors (Lipinski definition) is 5. The van der Waals surface area contributed by atoms with E-state index in [2.05, 4.69) is 34.4 Å². The third-order valence-electron chi connectivity index (χ3n) is 6.43. The summed E-state index contributed by atoms with van der Waals surface area (Å²) in [5.41, 5.74) is 2.52. The second kappa shape index (κ2) is 12.1. The number of hydrogen-bond donors (Lipinski definition) is 2. The molecule has 198 valence electrons. The molecule has 1 saturated heterocycles. The first-order valence-electron chi connectivity index (χ1n) is 12.4. The average Bonchev–Trinajstić information content (AvgIpc) is 3.20. The minimum absolute atomic E-state index is 0.271. The van der Waals surface area contributed by atoms with Gasteiger partial charge in [0.25, 0.3) is 0 Å². The number of benzene rings is 2. The number of alkyl halides is 3. The number of ether oxygens (including phenoxy) is 1. The molecule has 0 amide bonds. The third kappa shape index (κ3) is 7.08. The zero-order chi connectivity index (χ0) is 26.4. The molecule has 4 rings (SSSR count). The summed E-state index contributed by atoms with van der Waals surface area (Å²) in [5, 5.41) is 7.56. The third-order valence-corrected chi connectivity index (χ3v) is 7.16. The molecule has 0 aliphatic carbocycles. The summed E-state index contributed by atoms with van der Waals surface area (Å²) in [6, 6.07) is 13.4. The number of aromatic nitrogens is 1. The Morgan fingerprint density at radius 1 is 1.11 bits per heavy atom. The summed E-state index contributed by atoms with van der Waals surface area (Å²) in [6.07, 6.45) is -0.367. The standard InChI is InChI=1S/C28H33F3N4OS/c1-4-36-27-18-22(37-3)10-11-25(27)32-14-6-7-21-17-23-24(33-20-12-15-34(2)16-13-20)8-5-9-26(23)35(21)19-28(29,30)31/h5,8-11,17-18,20,32-33H,4,12-16,19H2,1-3H3. The van der Waals surface area contributed by atoms with Crippen LogP contribution in [0.4, 0.5) is 24.5 Å². The summed E-state index contributed by atoms with van der Waals surface area (Å²) in [7, 11) is 2.10. The first-order valence-corrected chi connectivity index (χ1v) is 13.7. The van der Waals surface area contributed by atoms with Crippen LogP contribution in [0.15, 0.2) is 47.4 Å². The predicted molar refractivity (Wildman–Crippen MR) is 147 cm³/mol. The molecule has 3 aromatic rings. The van der Waals surface area contributed by atoms with Crippen LogP contribution in [0, 0.1) is 11.8 Å². The Morgan fingerprint density at radius 3 is 2.59 bits per heavy atom.